The number of hydrogen-bond acceptors (Lipinski definition) is 4. The summed E-state index contributed by atoms with van der Waals surface area (Å²) in [4.78, 5) is 0. The molecule has 0 unspecified atom stereocenters. The molecular formula is C13H17N3O. The monoisotopic (exact) mass is 231 g/mol. The Morgan fingerprint density at radius 3 is 2.65 bits per heavy atom. The van der Waals surface area contributed by atoms with Crippen molar-refractivity contribution in [3.63, 3.8) is 0 Å². The molecule has 0 aliphatic heterocycles. The molecule has 2 rings (SSSR count). The number of aromatic nitrogens is 2. The van der Waals surface area contributed by atoms with Crippen LogP contribution in [0.4, 0.5) is 0 Å². The van der Waals surface area contributed by atoms with Crippen LogP contribution in [-0.4, -0.2) is 16.2 Å². The van der Waals surface area contributed by atoms with Gasteiger partial charge >= 0.3 is 0 Å². The molecule has 1 aromatic carbocycles. The molecule has 0 amide bonds. The lowest BCUT2D eigenvalue weighted by Gasteiger charge is -2.10. The first-order chi connectivity index (χ1) is 8.16. The van der Waals surface area contributed by atoms with Gasteiger partial charge in [-0.3, -0.25) is 0 Å². The van der Waals surface area contributed by atoms with Gasteiger partial charge in [0.05, 0.1) is 0 Å². The van der Waals surface area contributed by atoms with Crippen molar-refractivity contribution >= 4 is 0 Å². The molecule has 0 saturated heterocycles. The van der Waals surface area contributed by atoms with E-state index in [2.05, 4.69) is 35.4 Å². The van der Waals surface area contributed by atoms with Gasteiger partial charge < -0.3 is 9.73 Å². The van der Waals surface area contributed by atoms with E-state index in [-0.39, 0.29) is 0 Å². The number of hydrogen-bond donors (Lipinski definition) is 1. The Bertz CT molecular complexity index is 491. The Labute approximate surface area is 101 Å². The van der Waals surface area contributed by atoms with Crippen molar-refractivity contribution in [1.82, 2.24) is 15.5 Å². The van der Waals surface area contributed by atoms with Crippen LogP contribution < -0.4 is 5.32 Å². The largest absolute Gasteiger partial charge is 0.421 e. The first kappa shape index (κ1) is 11.8. The van der Waals surface area contributed by atoms with E-state index in [0.717, 1.165) is 12.1 Å². The van der Waals surface area contributed by atoms with Gasteiger partial charge in [0.1, 0.15) is 0 Å². The van der Waals surface area contributed by atoms with Crippen molar-refractivity contribution in [3.05, 3.63) is 35.7 Å². The molecule has 0 aliphatic carbocycles. The predicted molar refractivity (Wildman–Crippen MR) is 66.4 cm³/mol. The molecule has 0 aliphatic rings. The van der Waals surface area contributed by atoms with Gasteiger partial charge in [-0.2, -0.15) is 0 Å². The highest BCUT2D eigenvalue weighted by Gasteiger charge is 2.10. The molecule has 0 radical (unpaired) electrons. The maximum Gasteiger partial charge on any atom is 0.248 e. The molecule has 4 heteroatoms. The van der Waals surface area contributed by atoms with E-state index in [1.54, 1.807) is 6.92 Å². The van der Waals surface area contributed by atoms with Crippen LogP contribution in [0.5, 0.6) is 0 Å². The van der Waals surface area contributed by atoms with Crippen LogP contribution in [0.1, 0.15) is 25.3 Å². The van der Waals surface area contributed by atoms with E-state index in [1.165, 1.54) is 5.56 Å². The molecule has 0 spiro atoms. The second-order valence-corrected chi connectivity index (χ2v) is 4.32. The molecule has 17 heavy (non-hydrogen) atoms. The minimum absolute atomic E-state index is 0.451. The van der Waals surface area contributed by atoms with E-state index in [9.17, 15) is 0 Å². The highest BCUT2D eigenvalue weighted by molar-refractivity contribution is 5.58. The summed E-state index contributed by atoms with van der Waals surface area (Å²) in [5.74, 6) is 1.18. The van der Waals surface area contributed by atoms with Crippen molar-refractivity contribution in [3.8, 4) is 11.5 Å². The molecule has 0 atom stereocenters. The normalized spacial score (nSPS) is 11.1. The maximum atomic E-state index is 5.47. The Hall–Kier alpha value is -1.68. The van der Waals surface area contributed by atoms with Crippen LogP contribution >= 0.6 is 0 Å². The number of benzene rings is 1. The average molecular weight is 231 g/mol. The number of nitrogens with one attached hydrogen (secondary N) is 1. The quantitative estimate of drug-likeness (QED) is 0.878. The third-order valence-corrected chi connectivity index (χ3v) is 2.47. The Morgan fingerprint density at radius 2 is 2.00 bits per heavy atom. The van der Waals surface area contributed by atoms with Crippen molar-refractivity contribution in [2.75, 3.05) is 0 Å². The molecular weight excluding hydrogens is 214 g/mol. The predicted octanol–water partition coefficient (Wildman–Crippen LogP) is 2.54. The molecule has 0 fully saturated rings. The van der Waals surface area contributed by atoms with Gasteiger partial charge in [0, 0.05) is 25.1 Å². The van der Waals surface area contributed by atoms with Crippen LogP contribution in [0.2, 0.25) is 0 Å². The smallest absolute Gasteiger partial charge is 0.248 e. The average Bonchev–Trinajstić information content (AvgIpc) is 2.73. The fourth-order valence-corrected chi connectivity index (χ4v) is 1.60. The fraction of sp³-hybridized carbons (Fsp3) is 0.385. The van der Waals surface area contributed by atoms with Crippen molar-refractivity contribution in [2.45, 2.75) is 33.4 Å². The summed E-state index contributed by atoms with van der Waals surface area (Å²) in [6, 6.07) is 8.53. The first-order valence-corrected chi connectivity index (χ1v) is 5.78. The van der Waals surface area contributed by atoms with Crippen molar-refractivity contribution in [2.24, 2.45) is 0 Å². The first-order valence-electron chi connectivity index (χ1n) is 5.78. The molecule has 0 saturated carbocycles. The molecule has 1 N–H and O–H groups in total. The molecule has 1 aromatic heterocycles. The summed E-state index contributed by atoms with van der Waals surface area (Å²) < 4.78 is 5.47. The fourth-order valence-electron chi connectivity index (χ4n) is 1.60. The van der Waals surface area contributed by atoms with Crippen LogP contribution in [0.25, 0.3) is 11.5 Å². The van der Waals surface area contributed by atoms with Gasteiger partial charge in [0.25, 0.3) is 0 Å². The van der Waals surface area contributed by atoms with Gasteiger partial charge in [-0.15, -0.1) is 10.2 Å². The van der Waals surface area contributed by atoms with Crippen LogP contribution in [0.15, 0.2) is 28.7 Å². The SMILES string of the molecule is Cc1nnc(-c2ccccc2CNC(C)C)o1. The lowest BCUT2D eigenvalue weighted by molar-refractivity contribution is 0.530. The lowest BCUT2D eigenvalue weighted by Crippen LogP contribution is -2.22. The van der Waals surface area contributed by atoms with E-state index >= 15 is 0 Å². The summed E-state index contributed by atoms with van der Waals surface area (Å²) in [5.41, 5.74) is 2.17. The van der Waals surface area contributed by atoms with Gasteiger partial charge in [0.15, 0.2) is 0 Å². The van der Waals surface area contributed by atoms with Gasteiger partial charge in [0.2, 0.25) is 11.8 Å². The zero-order valence-electron chi connectivity index (χ0n) is 10.4. The number of aryl methyl sites for hydroxylation is 1. The van der Waals surface area contributed by atoms with Crippen LogP contribution in [-0.2, 0) is 6.54 Å². The molecule has 0 bridgehead atoms. The highest BCUT2D eigenvalue weighted by Crippen LogP contribution is 2.22. The third kappa shape index (κ3) is 2.91. The van der Waals surface area contributed by atoms with Crippen molar-refractivity contribution < 1.29 is 4.42 Å². The topological polar surface area (TPSA) is 51.0 Å². The number of rotatable bonds is 4. The van der Waals surface area contributed by atoms with Gasteiger partial charge in [-0.1, -0.05) is 32.0 Å². The zero-order chi connectivity index (χ0) is 12.3. The molecule has 1 heterocycles. The minimum Gasteiger partial charge on any atom is -0.421 e. The Morgan fingerprint density at radius 1 is 1.24 bits per heavy atom. The Kier molecular flexibility index (Phi) is 3.54. The maximum absolute atomic E-state index is 5.47. The van der Waals surface area contributed by atoms with Crippen LogP contribution in [0.3, 0.4) is 0 Å². The van der Waals surface area contributed by atoms with E-state index < -0.39 is 0 Å². The van der Waals surface area contributed by atoms with Gasteiger partial charge in [-0.05, 0) is 11.6 Å². The summed E-state index contributed by atoms with van der Waals surface area (Å²) in [6.07, 6.45) is 0. The lowest BCUT2D eigenvalue weighted by atomic mass is 10.1. The minimum atomic E-state index is 0.451. The molecule has 4 nitrogen and oxygen atoms in total. The highest BCUT2D eigenvalue weighted by atomic mass is 16.4. The summed E-state index contributed by atoms with van der Waals surface area (Å²) in [5, 5.41) is 11.3. The van der Waals surface area contributed by atoms with E-state index in [0.29, 0.717) is 17.8 Å². The third-order valence-electron chi connectivity index (χ3n) is 2.47. The standard InChI is InChI=1S/C13H17N3O/c1-9(2)14-8-11-6-4-5-7-12(11)13-16-15-10(3)17-13/h4-7,9,14H,8H2,1-3H3. The second kappa shape index (κ2) is 5.10. The van der Waals surface area contributed by atoms with Gasteiger partial charge in [-0.25, -0.2) is 0 Å². The van der Waals surface area contributed by atoms with Crippen LogP contribution in [0, 0.1) is 6.92 Å². The zero-order valence-corrected chi connectivity index (χ0v) is 10.4. The molecule has 2 aromatic rings. The molecule has 90 valence electrons. The number of nitrogens with zero attached hydrogens (tertiary/aromatic N) is 2. The van der Waals surface area contributed by atoms with E-state index in [1.807, 2.05) is 18.2 Å². The summed E-state index contributed by atoms with van der Waals surface area (Å²) in [6.45, 7) is 6.85. The summed E-state index contributed by atoms with van der Waals surface area (Å²) in [7, 11) is 0. The Balaban J connectivity index is 2.27. The second-order valence-electron chi connectivity index (χ2n) is 4.32. The van der Waals surface area contributed by atoms with E-state index in [4.69, 9.17) is 4.42 Å². The summed E-state index contributed by atoms with van der Waals surface area (Å²) >= 11 is 0. The van der Waals surface area contributed by atoms with Crippen molar-refractivity contribution in [1.29, 1.82) is 0 Å².